The van der Waals surface area contributed by atoms with Gasteiger partial charge >= 0.3 is 0 Å². The van der Waals surface area contributed by atoms with E-state index in [-0.39, 0.29) is 24.7 Å². The number of carbonyl (C=O) groups is 1. The number of rotatable bonds is 1. The molecule has 0 radical (unpaired) electrons. The molecule has 1 saturated carbocycles. The highest BCUT2D eigenvalue weighted by molar-refractivity contribution is 5.95. The molecule has 1 aliphatic heterocycles. The van der Waals surface area contributed by atoms with Gasteiger partial charge in [-0.3, -0.25) is 4.79 Å². The molecule has 0 spiro atoms. The topological polar surface area (TPSA) is 62.7 Å². The van der Waals surface area contributed by atoms with Crippen molar-refractivity contribution >= 4 is 5.91 Å². The zero-order valence-electron chi connectivity index (χ0n) is 11.8. The van der Waals surface area contributed by atoms with Crippen LogP contribution in [0.2, 0.25) is 0 Å². The van der Waals surface area contributed by atoms with Crippen LogP contribution in [-0.2, 0) is 4.74 Å². The van der Waals surface area contributed by atoms with Crippen molar-refractivity contribution in [1.29, 1.82) is 0 Å². The lowest BCUT2D eigenvalue weighted by Gasteiger charge is -2.37. The Morgan fingerprint density at radius 2 is 2.43 bits per heavy atom. The number of ether oxygens (including phenoxy) is 1. The maximum absolute atomic E-state index is 12.8. The molecule has 1 N–H and O–H groups in total. The molecule has 2 aliphatic rings. The number of carbonyl (C=O) groups excluding carboxylic acids is 1. The molecule has 1 saturated heterocycles. The van der Waals surface area contributed by atoms with Gasteiger partial charge in [-0.15, -0.1) is 0 Å². The average molecular weight is 286 g/mol. The van der Waals surface area contributed by atoms with Crippen LogP contribution >= 0.6 is 0 Å². The predicted octanol–water partition coefficient (Wildman–Crippen LogP) is 0.819. The summed E-state index contributed by atoms with van der Waals surface area (Å²) in [4.78, 5) is 18.9. The second-order valence-corrected chi connectivity index (χ2v) is 5.27. The molecule has 2 unspecified atom stereocenters. The lowest BCUT2D eigenvalue weighted by Crippen LogP contribution is -2.51. The molecule has 21 heavy (non-hydrogen) atoms. The van der Waals surface area contributed by atoms with Crippen LogP contribution in [0.15, 0.2) is 18.3 Å². The van der Waals surface area contributed by atoms with E-state index in [1.807, 2.05) is 4.90 Å². The lowest BCUT2D eigenvalue weighted by atomic mass is 10.1. The van der Waals surface area contributed by atoms with Crippen LogP contribution < -0.4 is 0 Å². The molecule has 5 nitrogen and oxygen atoms in total. The maximum atomic E-state index is 12.8. The van der Waals surface area contributed by atoms with Crippen molar-refractivity contribution in [1.82, 2.24) is 9.88 Å². The first-order chi connectivity index (χ1) is 10.3. The molecule has 0 aromatic carbocycles. The summed E-state index contributed by atoms with van der Waals surface area (Å²) in [6, 6.07) is 3.66. The summed E-state index contributed by atoms with van der Waals surface area (Å²) >= 11 is 0. The summed E-state index contributed by atoms with van der Waals surface area (Å²) in [5.74, 6) is 5.30. The van der Waals surface area contributed by atoms with Crippen molar-refractivity contribution in [2.75, 3.05) is 19.8 Å². The van der Waals surface area contributed by atoms with Crippen LogP contribution in [0.4, 0.5) is 0 Å². The van der Waals surface area contributed by atoms with Crippen molar-refractivity contribution in [3.8, 4) is 11.8 Å². The highest BCUT2D eigenvalue weighted by Gasteiger charge is 2.39. The molecule has 3 rings (SSSR count). The van der Waals surface area contributed by atoms with Gasteiger partial charge in [0, 0.05) is 12.7 Å². The molecule has 0 bridgehead atoms. The summed E-state index contributed by atoms with van der Waals surface area (Å²) in [6.45, 7) is 0.950. The highest BCUT2D eigenvalue weighted by atomic mass is 16.5. The summed E-state index contributed by atoms with van der Waals surface area (Å²) in [5, 5.41) is 8.82. The van der Waals surface area contributed by atoms with E-state index in [0.717, 1.165) is 19.3 Å². The Labute approximate surface area is 123 Å². The van der Waals surface area contributed by atoms with Gasteiger partial charge in [0.15, 0.2) is 0 Å². The van der Waals surface area contributed by atoms with Gasteiger partial charge in [-0.25, -0.2) is 4.98 Å². The fraction of sp³-hybridized carbons (Fsp3) is 0.500. The largest absolute Gasteiger partial charge is 0.384 e. The van der Waals surface area contributed by atoms with Gasteiger partial charge in [0.25, 0.3) is 5.91 Å². The Bertz CT molecular complexity index is 591. The number of hydrogen-bond acceptors (Lipinski definition) is 4. The zero-order valence-corrected chi connectivity index (χ0v) is 11.8. The Morgan fingerprint density at radius 3 is 3.29 bits per heavy atom. The van der Waals surface area contributed by atoms with E-state index in [1.165, 1.54) is 0 Å². The van der Waals surface area contributed by atoms with Crippen molar-refractivity contribution in [3.63, 3.8) is 0 Å². The normalized spacial score (nSPS) is 24.1. The summed E-state index contributed by atoms with van der Waals surface area (Å²) < 4.78 is 5.74. The SMILES string of the molecule is O=C(c1ncccc1C#CCO)N1CCOC2CCCC21. The van der Waals surface area contributed by atoms with Gasteiger partial charge in [0.05, 0.1) is 24.3 Å². The molecular formula is C16H18N2O3. The number of aliphatic hydroxyl groups excluding tert-OH is 1. The number of amides is 1. The highest BCUT2D eigenvalue weighted by Crippen LogP contribution is 2.30. The first-order valence-corrected chi connectivity index (χ1v) is 7.28. The molecular weight excluding hydrogens is 268 g/mol. The third-order valence-electron chi connectivity index (χ3n) is 4.06. The molecule has 1 amide bonds. The van der Waals surface area contributed by atoms with Crippen LogP contribution in [-0.4, -0.2) is 52.8 Å². The molecule has 2 heterocycles. The van der Waals surface area contributed by atoms with Crippen LogP contribution in [0.3, 0.4) is 0 Å². The van der Waals surface area contributed by atoms with E-state index >= 15 is 0 Å². The van der Waals surface area contributed by atoms with Gasteiger partial charge in [0.1, 0.15) is 12.3 Å². The quantitative estimate of drug-likeness (QED) is 0.776. The molecule has 1 aromatic rings. The molecule has 110 valence electrons. The lowest BCUT2D eigenvalue weighted by molar-refractivity contribution is -0.0447. The fourth-order valence-electron chi connectivity index (χ4n) is 3.13. The first-order valence-electron chi connectivity index (χ1n) is 7.28. The molecule has 5 heteroatoms. The average Bonchev–Trinajstić information content (AvgIpc) is 3.01. The van der Waals surface area contributed by atoms with Crippen molar-refractivity contribution in [2.24, 2.45) is 0 Å². The third kappa shape index (κ3) is 2.78. The summed E-state index contributed by atoms with van der Waals surface area (Å²) in [6.07, 6.45) is 4.87. The number of aromatic nitrogens is 1. The Morgan fingerprint density at radius 1 is 1.52 bits per heavy atom. The Hall–Kier alpha value is -1.90. The van der Waals surface area contributed by atoms with Gasteiger partial charge in [-0.05, 0) is 31.4 Å². The minimum Gasteiger partial charge on any atom is -0.384 e. The van der Waals surface area contributed by atoms with E-state index in [4.69, 9.17) is 9.84 Å². The summed E-state index contributed by atoms with van der Waals surface area (Å²) in [5.41, 5.74) is 0.934. The fourth-order valence-corrected chi connectivity index (χ4v) is 3.13. The van der Waals surface area contributed by atoms with E-state index in [1.54, 1.807) is 18.3 Å². The van der Waals surface area contributed by atoms with E-state index < -0.39 is 0 Å². The number of hydrogen-bond donors (Lipinski definition) is 1. The number of fused-ring (bicyclic) bond motifs is 1. The third-order valence-corrected chi connectivity index (χ3v) is 4.06. The smallest absolute Gasteiger partial charge is 0.274 e. The van der Waals surface area contributed by atoms with Crippen LogP contribution in [0.1, 0.15) is 35.3 Å². The Kier molecular flexibility index (Phi) is 4.18. The van der Waals surface area contributed by atoms with Crippen LogP contribution in [0.25, 0.3) is 0 Å². The van der Waals surface area contributed by atoms with Gasteiger partial charge in [-0.2, -0.15) is 0 Å². The van der Waals surface area contributed by atoms with E-state index in [0.29, 0.717) is 24.4 Å². The second-order valence-electron chi connectivity index (χ2n) is 5.27. The number of morpholine rings is 1. The van der Waals surface area contributed by atoms with Gasteiger partial charge < -0.3 is 14.7 Å². The Balaban J connectivity index is 1.88. The molecule has 2 fully saturated rings. The standard InChI is InChI=1S/C16H18N2O3/c19-10-3-5-12-4-2-8-17-15(12)16(20)18-9-11-21-14-7-1-6-13(14)18/h2,4,8,13-14,19H,1,6-7,9-11H2. The summed E-state index contributed by atoms with van der Waals surface area (Å²) in [7, 11) is 0. The second kappa shape index (κ2) is 6.25. The van der Waals surface area contributed by atoms with E-state index in [2.05, 4.69) is 16.8 Å². The maximum Gasteiger partial charge on any atom is 0.274 e. The van der Waals surface area contributed by atoms with Crippen LogP contribution in [0.5, 0.6) is 0 Å². The minimum atomic E-state index is -0.231. The minimum absolute atomic E-state index is 0.0851. The van der Waals surface area contributed by atoms with Crippen molar-refractivity contribution in [3.05, 3.63) is 29.6 Å². The van der Waals surface area contributed by atoms with Crippen molar-refractivity contribution < 1.29 is 14.6 Å². The number of nitrogens with zero attached hydrogens (tertiary/aromatic N) is 2. The van der Waals surface area contributed by atoms with Crippen molar-refractivity contribution in [2.45, 2.75) is 31.4 Å². The molecule has 2 atom stereocenters. The van der Waals surface area contributed by atoms with E-state index in [9.17, 15) is 4.79 Å². The van der Waals surface area contributed by atoms with Gasteiger partial charge in [-0.1, -0.05) is 11.8 Å². The van der Waals surface area contributed by atoms with Crippen LogP contribution in [0, 0.1) is 11.8 Å². The molecule has 1 aromatic heterocycles. The number of pyridine rings is 1. The molecule has 1 aliphatic carbocycles. The predicted molar refractivity (Wildman–Crippen MR) is 76.6 cm³/mol. The van der Waals surface area contributed by atoms with Gasteiger partial charge in [0.2, 0.25) is 0 Å². The monoisotopic (exact) mass is 286 g/mol. The zero-order chi connectivity index (χ0) is 14.7. The number of aliphatic hydroxyl groups is 1. The first kappa shape index (κ1) is 14.1.